The smallest absolute Gasteiger partial charge is 0.251 e. The molecule has 234 valence electrons. The molecular formula is C36H40N4O5. The largest absolute Gasteiger partial charge is 0.497 e. The summed E-state index contributed by atoms with van der Waals surface area (Å²) in [6, 6.07) is 31.0. The van der Waals surface area contributed by atoms with Crippen LogP contribution < -0.4 is 31.2 Å². The monoisotopic (exact) mass is 608 g/mol. The first-order chi connectivity index (χ1) is 21.9. The lowest BCUT2D eigenvalue weighted by molar-refractivity contribution is -0.124. The Labute approximate surface area is 264 Å². The van der Waals surface area contributed by atoms with E-state index in [1.165, 1.54) is 0 Å². The normalized spacial score (nSPS) is 12.0. The van der Waals surface area contributed by atoms with Gasteiger partial charge in [0, 0.05) is 31.7 Å². The quantitative estimate of drug-likeness (QED) is 0.159. The number of nitrogens with two attached hydrogens (primary N) is 1. The molecule has 0 radical (unpaired) electrons. The Kier molecular flexibility index (Phi) is 12.1. The van der Waals surface area contributed by atoms with Crippen molar-refractivity contribution in [1.82, 2.24) is 16.0 Å². The van der Waals surface area contributed by atoms with Crippen LogP contribution in [0.4, 0.5) is 0 Å². The number of carbonyl (C=O) groups excluding carboxylic acids is 3. The number of carbonyl (C=O) groups is 3. The van der Waals surface area contributed by atoms with Gasteiger partial charge in [0.05, 0.1) is 25.6 Å². The molecule has 9 heteroatoms. The molecule has 0 heterocycles. The minimum atomic E-state index is -0.714. The van der Waals surface area contributed by atoms with E-state index in [9.17, 15) is 14.4 Å². The van der Waals surface area contributed by atoms with Crippen LogP contribution in [0.15, 0.2) is 103 Å². The van der Waals surface area contributed by atoms with Gasteiger partial charge in [-0.15, -0.1) is 0 Å². The number of ether oxygens (including phenoxy) is 2. The minimum Gasteiger partial charge on any atom is -0.497 e. The first-order valence-electron chi connectivity index (χ1n) is 14.9. The molecular weight excluding hydrogens is 568 g/mol. The van der Waals surface area contributed by atoms with Crippen LogP contribution in [0.1, 0.15) is 51.4 Å². The van der Waals surface area contributed by atoms with Crippen molar-refractivity contribution in [1.29, 1.82) is 0 Å². The molecule has 45 heavy (non-hydrogen) atoms. The Balaban J connectivity index is 1.51. The van der Waals surface area contributed by atoms with Gasteiger partial charge in [0.1, 0.15) is 11.5 Å². The third kappa shape index (κ3) is 9.42. The third-order valence-electron chi connectivity index (χ3n) is 7.45. The molecule has 0 aliphatic carbocycles. The Bertz CT molecular complexity index is 1520. The third-order valence-corrected chi connectivity index (χ3v) is 7.45. The maximum absolute atomic E-state index is 13.7. The van der Waals surface area contributed by atoms with E-state index in [1.807, 2.05) is 61.5 Å². The van der Waals surface area contributed by atoms with Crippen molar-refractivity contribution in [2.24, 2.45) is 5.73 Å². The lowest BCUT2D eigenvalue weighted by atomic mass is 9.95. The van der Waals surface area contributed by atoms with E-state index in [4.69, 9.17) is 15.2 Å². The number of amides is 3. The van der Waals surface area contributed by atoms with E-state index >= 15 is 0 Å². The Morgan fingerprint density at radius 3 is 1.76 bits per heavy atom. The SMILES string of the molecule is CCOc1ccc([C@@H](CNC(=O)c2ccccc2)C(=O)NC[C@H](C(=O)NCc2ccc(CN)cc2)c2ccc(OC)cc2)cc1. The van der Waals surface area contributed by atoms with E-state index in [0.717, 1.165) is 16.7 Å². The number of hydrogen-bond donors (Lipinski definition) is 4. The van der Waals surface area contributed by atoms with Crippen molar-refractivity contribution >= 4 is 17.7 Å². The average Bonchev–Trinajstić information content (AvgIpc) is 3.09. The highest BCUT2D eigenvalue weighted by Gasteiger charge is 2.26. The van der Waals surface area contributed by atoms with Crippen LogP contribution in [0.2, 0.25) is 0 Å². The maximum atomic E-state index is 13.7. The fraction of sp³-hybridized carbons (Fsp3) is 0.250. The van der Waals surface area contributed by atoms with E-state index in [2.05, 4.69) is 16.0 Å². The summed E-state index contributed by atoms with van der Waals surface area (Å²) in [5.41, 5.74) is 9.57. The summed E-state index contributed by atoms with van der Waals surface area (Å²) >= 11 is 0. The van der Waals surface area contributed by atoms with Gasteiger partial charge in [-0.1, -0.05) is 66.7 Å². The van der Waals surface area contributed by atoms with Crippen LogP contribution in [0.3, 0.4) is 0 Å². The minimum absolute atomic E-state index is 0.0449. The van der Waals surface area contributed by atoms with Gasteiger partial charge >= 0.3 is 0 Å². The molecule has 0 unspecified atom stereocenters. The average molecular weight is 609 g/mol. The van der Waals surface area contributed by atoms with Crippen LogP contribution in [0, 0.1) is 0 Å². The standard InChI is InChI=1S/C36H40N4O5/c1-3-45-31-19-15-28(16-20-31)32(23-39-34(41)29-7-5-4-6-8-29)36(43)40-24-33(27-13-17-30(44-2)18-14-27)35(42)38-22-26-11-9-25(21-37)10-12-26/h4-20,32-33H,3,21-24,37H2,1-2H3,(H,38,42)(H,39,41)(H,40,43)/t32-,33+/m1/s1. The Morgan fingerprint density at radius 1 is 0.667 bits per heavy atom. The number of nitrogens with one attached hydrogen (secondary N) is 3. The van der Waals surface area contributed by atoms with E-state index in [-0.39, 0.29) is 30.8 Å². The molecule has 0 fully saturated rings. The molecule has 3 amide bonds. The highest BCUT2D eigenvalue weighted by atomic mass is 16.5. The van der Waals surface area contributed by atoms with Gasteiger partial charge in [0.25, 0.3) is 5.91 Å². The maximum Gasteiger partial charge on any atom is 0.251 e. The second-order valence-corrected chi connectivity index (χ2v) is 10.4. The molecule has 0 aliphatic heterocycles. The van der Waals surface area contributed by atoms with Crippen molar-refractivity contribution in [2.45, 2.75) is 31.8 Å². The number of hydrogen-bond acceptors (Lipinski definition) is 6. The summed E-state index contributed by atoms with van der Waals surface area (Å²) in [6.45, 7) is 3.29. The second kappa shape index (κ2) is 16.6. The van der Waals surface area contributed by atoms with Crippen LogP contribution in [-0.2, 0) is 22.7 Å². The van der Waals surface area contributed by atoms with Crippen molar-refractivity contribution in [3.63, 3.8) is 0 Å². The summed E-state index contributed by atoms with van der Waals surface area (Å²) in [6.07, 6.45) is 0. The zero-order valence-corrected chi connectivity index (χ0v) is 25.6. The Morgan fingerprint density at radius 2 is 1.20 bits per heavy atom. The summed E-state index contributed by atoms with van der Waals surface area (Å²) < 4.78 is 10.9. The lowest BCUT2D eigenvalue weighted by Crippen LogP contribution is -2.41. The summed E-state index contributed by atoms with van der Waals surface area (Å²) in [4.78, 5) is 40.1. The van der Waals surface area contributed by atoms with Gasteiger partial charge < -0.3 is 31.2 Å². The molecule has 0 bridgehead atoms. The van der Waals surface area contributed by atoms with E-state index in [0.29, 0.717) is 42.3 Å². The molecule has 0 aliphatic rings. The fourth-order valence-corrected chi connectivity index (χ4v) is 4.84. The zero-order chi connectivity index (χ0) is 32.0. The molecule has 4 aromatic carbocycles. The van der Waals surface area contributed by atoms with Gasteiger partial charge in [-0.2, -0.15) is 0 Å². The highest BCUT2D eigenvalue weighted by Crippen LogP contribution is 2.23. The molecule has 9 nitrogen and oxygen atoms in total. The summed E-state index contributed by atoms with van der Waals surface area (Å²) in [5, 5.41) is 8.87. The van der Waals surface area contributed by atoms with Gasteiger partial charge in [0.2, 0.25) is 11.8 Å². The molecule has 0 saturated heterocycles. The molecule has 2 atom stereocenters. The van der Waals surface area contributed by atoms with Crippen LogP contribution in [0.5, 0.6) is 11.5 Å². The number of rotatable bonds is 15. The second-order valence-electron chi connectivity index (χ2n) is 10.4. The summed E-state index contributed by atoms with van der Waals surface area (Å²) in [5.74, 6) is -0.893. The number of benzene rings is 4. The van der Waals surface area contributed by atoms with Crippen LogP contribution >= 0.6 is 0 Å². The lowest BCUT2D eigenvalue weighted by Gasteiger charge is -2.22. The van der Waals surface area contributed by atoms with E-state index < -0.39 is 11.8 Å². The van der Waals surface area contributed by atoms with Crippen molar-refractivity contribution in [3.8, 4) is 11.5 Å². The van der Waals surface area contributed by atoms with Gasteiger partial charge in [0.15, 0.2) is 0 Å². The highest BCUT2D eigenvalue weighted by molar-refractivity contribution is 5.95. The van der Waals surface area contributed by atoms with Crippen molar-refractivity contribution in [2.75, 3.05) is 26.8 Å². The van der Waals surface area contributed by atoms with Crippen molar-refractivity contribution < 1.29 is 23.9 Å². The molecule has 0 spiro atoms. The predicted octanol–water partition coefficient (Wildman–Crippen LogP) is 4.28. The first kappa shape index (κ1) is 32.8. The Hall–Kier alpha value is -5.15. The van der Waals surface area contributed by atoms with Gasteiger partial charge in [-0.25, -0.2) is 0 Å². The number of methoxy groups -OCH3 is 1. The van der Waals surface area contributed by atoms with E-state index in [1.54, 1.807) is 55.6 Å². The van der Waals surface area contributed by atoms with Gasteiger partial charge in [-0.05, 0) is 65.6 Å². The summed E-state index contributed by atoms with van der Waals surface area (Å²) in [7, 11) is 1.58. The molecule has 4 aromatic rings. The molecule has 0 aromatic heterocycles. The first-order valence-corrected chi connectivity index (χ1v) is 14.9. The topological polar surface area (TPSA) is 132 Å². The molecule has 5 N–H and O–H groups in total. The zero-order valence-electron chi connectivity index (χ0n) is 25.6. The van der Waals surface area contributed by atoms with Gasteiger partial charge in [-0.3, -0.25) is 14.4 Å². The van der Waals surface area contributed by atoms with Crippen LogP contribution in [-0.4, -0.2) is 44.5 Å². The molecule has 4 rings (SSSR count). The van der Waals surface area contributed by atoms with Crippen molar-refractivity contribution in [3.05, 3.63) is 131 Å². The predicted molar refractivity (Wildman–Crippen MR) is 174 cm³/mol. The fourth-order valence-electron chi connectivity index (χ4n) is 4.84. The van der Waals surface area contributed by atoms with Crippen LogP contribution in [0.25, 0.3) is 0 Å². The molecule has 0 saturated carbocycles.